The van der Waals surface area contributed by atoms with E-state index in [0.29, 0.717) is 4.47 Å². The summed E-state index contributed by atoms with van der Waals surface area (Å²) in [5, 5.41) is 5.20. The number of carbonyl (C=O) groups excluding carboxylic acids is 2. The third-order valence-electron chi connectivity index (χ3n) is 4.97. The van der Waals surface area contributed by atoms with Crippen molar-refractivity contribution in [3.8, 4) is 0 Å². The van der Waals surface area contributed by atoms with Crippen LogP contribution in [0.4, 0.5) is 15.8 Å². The topological polar surface area (TPSA) is 58.2 Å². The summed E-state index contributed by atoms with van der Waals surface area (Å²) in [6.07, 6.45) is 5.39. The average Bonchev–Trinajstić information content (AvgIpc) is 2.72. The molecule has 1 unspecified atom stereocenters. The maximum absolute atomic E-state index is 13.9. The van der Waals surface area contributed by atoms with Crippen molar-refractivity contribution in [2.24, 2.45) is 5.92 Å². The van der Waals surface area contributed by atoms with Crippen LogP contribution in [0.1, 0.15) is 39.0 Å². The average molecular weight is 479 g/mol. The Kier molecular flexibility index (Phi) is 7.72. The van der Waals surface area contributed by atoms with E-state index < -0.39 is 11.1 Å². The lowest BCUT2D eigenvalue weighted by molar-refractivity contribution is -0.120. The molecule has 2 amide bonds. The van der Waals surface area contributed by atoms with Crippen LogP contribution in [0, 0.1) is 11.7 Å². The lowest BCUT2D eigenvalue weighted by Crippen LogP contribution is -2.24. The molecule has 0 aromatic heterocycles. The van der Waals surface area contributed by atoms with Crippen molar-refractivity contribution in [1.82, 2.24) is 0 Å². The Morgan fingerprint density at radius 1 is 1.07 bits per heavy atom. The Labute approximate surface area is 183 Å². The SMILES string of the molecule is CC(Sc1ccc(NC(=O)C2CCCCC2)cc1)C(=O)Nc1ccc(Br)cc1F. The van der Waals surface area contributed by atoms with Crippen molar-refractivity contribution in [1.29, 1.82) is 0 Å². The zero-order valence-electron chi connectivity index (χ0n) is 16.2. The van der Waals surface area contributed by atoms with Gasteiger partial charge in [-0.25, -0.2) is 4.39 Å². The Bertz CT molecular complexity index is 870. The van der Waals surface area contributed by atoms with E-state index >= 15 is 0 Å². The molecule has 2 aromatic carbocycles. The maximum atomic E-state index is 13.9. The Balaban J connectivity index is 1.53. The second kappa shape index (κ2) is 10.3. The molecular weight excluding hydrogens is 455 g/mol. The summed E-state index contributed by atoms with van der Waals surface area (Å²) >= 11 is 4.57. The highest BCUT2D eigenvalue weighted by molar-refractivity contribution is 9.10. The zero-order valence-corrected chi connectivity index (χ0v) is 18.6. The third-order valence-corrected chi connectivity index (χ3v) is 6.57. The largest absolute Gasteiger partial charge is 0.326 e. The molecule has 1 fully saturated rings. The summed E-state index contributed by atoms with van der Waals surface area (Å²) in [5.74, 6) is -0.552. The Morgan fingerprint density at radius 2 is 1.76 bits per heavy atom. The van der Waals surface area contributed by atoms with Gasteiger partial charge in [0.15, 0.2) is 0 Å². The van der Waals surface area contributed by atoms with Gasteiger partial charge in [-0.3, -0.25) is 9.59 Å². The fourth-order valence-electron chi connectivity index (χ4n) is 3.31. The molecule has 2 aromatic rings. The molecule has 3 rings (SSSR count). The van der Waals surface area contributed by atoms with Gasteiger partial charge < -0.3 is 10.6 Å². The number of nitrogens with one attached hydrogen (secondary N) is 2. The molecule has 7 heteroatoms. The molecule has 0 saturated heterocycles. The number of benzene rings is 2. The molecule has 29 heavy (non-hydrogen) atoms. The van der Waals surface area contributed by atoms with E-state index in [-0.39, 0.29) is 23.4 Å². The van der Waals surface area contributed by atoms with Crippen molar-refractivity contribution >= 4 is 50.9 Å². The highest BCUT2D eigenvalue weighted by Crippen LogP contribution is 2.28. The second-order valence-corrected chi connectivity index (χ2v) is 9.55. The van der Waals surface area contributed by atoms with E-state index in [1.54, 1.807) is 13.0 Å². The van der Waals surface area contributed by atoms with E-state index in [9.17, 15) is 14.0 Å². The van der Waals surface area contributed by atoms with Gasteiger partial charge in [0.2, 0.25) is 11.8 Å². The molecule has 0 bridgehead atoms. The van der Waals surface area contributed by atoms with Gasteiger partial charge in [-0.1, -0.05) is 35.2 Å². The molecule has 4 nitrogen and oxygen atoms in total. The second-order valence-electron chi connectivity index (χ2n) is 7.22. The highest BCUT2D eigenvalue weighted by atomic mass is 79.9. The predicted octanol–water partition coefficient (Wildman–Crippen LogP) is 6.23. The first-order chi connectivity index (χ1) is 13.9. The first kappa shape index (κ1) is 21.8. The minimum Gasteiger partial charge on any atom is -0.326 e. The number of anilines is 2. The molecular formula is C22H24BrFN2O2S. The van der Waals surface area contributed by atoms with Crippen LogP contribution in [0.2, 0.25) is 0 Å². The molecule has 1 aliphatic rings. The number of halogens is 2. The van der Waals surface area contributed by atoms with E-state index in [0.717, 1.165) is 36.3 Å². The Morgan fingerprint density at radius 3 is 2.41 bits per heavy atom. The molecule has 0 heterocycles. The molecule has 0 spiro atoms. The van der Waals surface area contributed by atoms with Gasteiger partial charge in [0.1, 0.15) is 5.82 Å². The highest BCUT2D eigenvalue weighted by Gasteiger charge is 2.21. The molecule has 0 radical (unpaired) electrons. The van der Waals surface area contributed by atoms with Crippen LogP contribution in [0.5, 0.6) is 0 Å². The lowest BCUT2D eigenvalue weighted by Gasteiger charge is -2.20. The van der Waals surface area contributed by atoms with Crippen LogP contribution in [-0.2, 0) is 9.59 Å². The summed E-state index contributed by atoms with van der Waals surface area (Å²) in [6, 6.07) is 12.0. The van der Waals surface area contributed by atoms with E-state index in [1.807, 2.05) is 24.3 Å². The number of thioether (sulfide) groups is 1. The first-order valence-electron chi connectivity index (χ1n) is 9.76. The predicted molar refractivity (Wildman–Crippen MR) is 120 cm³/mol. The molecule has 2 N–H and O–H groups in total. The van der Waals surface area contributed by atoms with Crippen molar-refractivity contribution in [2.45, 2.75) is 49.2 Å². The number of hydrogen-bond donors (Lipinski definition) is 2. The van der Waals surface area contributed by atoms with Crippen LogP contribution in [0.25, 0.3) is 0 Å². The molecule has 1 saturated carbocycles. The number of amides is 2. The standard InChI is InChI=1S/C22H24BrFN2O2S/c1-14(21(27)26-20-12-7-16(23)13-19(20)24)29-18-10-8-17(9-11-18)25-22(28)15-5-3-2-4-6-15/h7-15H,2-6H2,1H3,(H,25,28)(H,26,27). The molecule has 154 valence electrons. The zero-order chi connectivity index (χ0) is 20.8. The van der Waals surface area contributed by atoms with Gasteiger partial charge in [0, 0.05) is 21.0 Å². The summed E-state index contributed by atoms with van der Waals surface area (Å²) < 4.78 is 14.5. The van der Waals surface area contributed by atoms with Gasteiger partial charge in [-0.2, -0.15) is 0 Å². The summed E-state index contributed by atoms with van der Waals surface area (Å²) in [4.78, 5) is 25.6. The van der Waals surface area contributed by atoms with Crippen LogP contribution in [0.3, 0.4) is 0 Å². The van der Waals surface area contributed by atoms with Gasteiger partial charge in [0.25, 0.3) is 0 Å². The summed E-state index contributed by atoms with van der Waals surface area (Å²) in [7, 11) is 0. The summed E-state index contributed by atoms with van der Waals surface area (Å²) in [5.41, 5.74) is 0.922. The monoisotopic (exact) mass is 478 g/mol. The smallest absolute Gasteiger partial charge is 0.237 e. The van der Waals surface area contributed by atoms with E-state index in [2.05, 4.69) is 26.6 Å². The molecule has 0 aliphatic heterocycles. The van der Waals surface area contributed by atoms with E-state index in [4.69, 9.17) is 0 Å². The third kappa shape index (κ3) is 6.31. The number of rotatable bonds is 6. The Hall–Kier alpha value is -1.86. The quantitative estimate of drug-likeness (QED) is 0.484. The molecule has 1 atom stereocenters. The van der Waals surface area contributed by atoms with Gasteiger partial charge in [0.05, 0.1) is 10.9 Å². The first-order valence-corrected chi connectivity index (χ1v) is 11.4. The fraction of sp³-hybridized carbons (Fsp3) is 0.364. The minimum absolute atomic E-state index is 0.0920. The lowest BCUT2D eigenvalue weighted by atomic mass is 9.88. The van der Waals surface area contributed by atoms with Crippen molar-refractivity contribution in [3.63, 3.8) is 0 Å². The number of hydrogen-bond acceptors (Lipinski definition) is 3. The normalized spacial score (nSPS) is 15.6. The number of carbonyl (C=O) groups is 2. The van der Waals surface area contributed by atoms with Crippen LogP contribution < -0.4 is 10.6 Å². The van der Waals surface area contributed by atoms with Crippen molar-refractivity contribution in [3.05, 3.63) is 52.8 Å². The maximum Gasteiger partial charge on any atom is 0.237 e. The van der Waals surface area contributed by atoms with E-state index in [1.165, 1.54) is 30.3 Å². The van der Waals surface area contributed by atoms with Crippen LogP contribution in [-0.4, -0.2) is 17.1 Å². The van der Waals surface area contributed by atoms with Gasteiger partial charge in [-0.05, 0) is 62.2 Å². The van der Waals surface area contributed by atoms with Crippen molar-refractivity contribution < 1.29 is 14.0 Å². The van der Waals surface area contributed by atoms with Gasteiger partial charge in [-0.15, -0.1) is 11.8 Å². The van der Waals surface area contributed by atoms with Crippen LogP contribution in [0.15, 0.2) is 51.8 Å². The fourth-order valence-corrected chi connectivity index (χ4v) is 4.51. The van der Waals surface area contributed by atoms with Crippen LogP contribution >= 0.6 is 27.7 Å². The summed E-state index contributed by atoms with van der Waals surface area (Å²) in [6.45, 7) is 1.77. The van der Waals surface area contributed by atoms with Gasteiger partial charge >= 0.3 is 0 Å². The minimum atomic E-state index is -0.483. The van der Waals surface area contributed by atoms with Crippen molar-refractivity contribution in [2.75, 3.05) is 10.6 Å². The molecule has 1 aliphatic carbocycles.